The minimum atomic E-state index is 0.643. The second kappa shape index (κ2) is 6.20. The van der Waals surface area contributed by atoms with Gasteiger partial charge < -0.3 is 4.40 Å². The molecule has 1 fully saturated rings. The van der Waals surface area contributed by atoms with E-state index in [2.05, 4.69) is 70.4 Å². The van der Waals surface area contributed by atoms with Crippen molar-refractivity contribution in [3.05, 3.63) is 77.3 Å². The van der Waals surface area contributed by atoms with Crippen LogP contribution < -0.4 is 4.57 Å². The molecule has 3 heteroatoms. The number of aryl methyl sites for hydroxylation is 2. The summed E-state index contributed by atoms with van der Waals surface area (Å²) < 4.78 is 4.69. The topological polar surface area (TPSA) is 12.6 Å². The molecule has 0 radical (unpaired) electrons. The second-order valence-corrected chi connectivity index (χ2v) is 9.54. The fourth-order valence-corrected chi connectivity index (χ4v) is 6.34. The van der Waals surface area contributed by atoms with Gasteiger partial charge in [0.2, 0.25) is 11.2 Å². The van der Waals surface area contributed by atoms with Gasteiger partial charge in [-0.3, -0.25) is 0 Å². The van der Waals surface area contributed by atoms with Crippen LogP contribution in [0.4, 0.5) is 5.69 Å². The molecule has 6 aromatic rings. The summed E-state index contributed by atoms with van der Waals surface area (Å²) in [4.78, 5) is 3.94. The number of hydrogen-bond donors (Lipinski definition) is 0. The highest BCUT2D eigenvalue weighted by Gasteiger charge is 2.26. The third-order valence-corrected chi connectivity index (χ3v) is 7.80. The molecule has 3 nitrogen and oxygen atoms in total. The summed E-state index contributed by atoms with van der Waals surface area (Å²) >= 11 is 0. The lowest BCUT2D eigenvalue weighted by Gasteiger charge is -2.16. The molecule has 7 rings (SSSR count). The Hall–Kier alpha value is -3.64. The van der Waals surface area contributed by atoms with Crippen LogP contribution in [-0.4, -0.2) is 4.40 Å². The van der Waals surface area contributed by atoms with E-state index < -0.39 is 0 Å². The van der Waals surface area contributed by atoms with Gasteiger partial charge in [-0.05, 0) is 53.6 Å². The van der Waals surface area contributed by atoms with E-state index in [1.807, 2.05) is 12.1 Å². The van der Waals surface area contributed by atoms with E-state index in [-0.39, 0.29) is 0 Å². The van der Waals surface area contributed by atoms with Gasteiger partial charge in [0.25, 0.3) is 0 Å². The Morgan fingerprint density at radius 1 is 0.969 bits per heavy atom. The molecule has 0 aliphatic heterocycles. The summed E-state index contributed by atoms with van der Waals surface area (Å²) in [5, 5.41) is 6.31. The highest BCUT2D eigenvalue weighted by molar-refractivity contribution is 6.27. The molecule has 0 saturated heterocycles. The molecule has 1 saturated carbocycles. The Morgan fingerprint density at radius 2 is 1.78 bits per heavy atom. The number of nitrogens with zero attached hydrogens (tertiary/aromatic N) is 3. The number of benzene rings is 3. The van der Waals surface area contributed by atoms with Gasteiger partial charge in [0.15, 0.2) is 6.20 Å². The summed E-state index contributed by atoms with van der Waals surface area (Å²) in [6.07, 6.45) is 7.43. The number of fused-ring (bicyclic) bond motifs is 5. The molecule has 1 aliphatic carbocycles. The minimum Gasteiger partial charge on any atom is -0.317 e. The summed E-state index contributed by atoms with van der Waals surface area (Å²) in [6, 6.07) is 17.8. The van der Waals surface area contributed by atoms with E-state index in [1.165, 1.54) is 80.3 Å². The number of pyridine rings is 2. The van der Waals surface area contributed by atoms with Crippen LogP contribution in [0.3, 0.4) is 0 Å². The van der Waals surface area contributed by atoms with Gasteiger partial charge in [-0.15, -0.1) is 0 Å². The van der Waals surface area contributed by atoms with Crippen molar-refractivity contribution >= 4 is 54.7 Å². The Balaban J connectivity index is 1.86. The molecule has 1 aliphatic rings. The Labute approximate surface area is 186 Å². The summed E-state index contributed by atoms with van der Waals surface area (Å²) in [6.45, 7) is 10.1. The predicted molar refractivity (Wildman–Crippen MR) is 132 cm³/mol. The van der Waals surface area contributed by atoms with Crippen LogP contribution in [0.1, 0.15) is 42.7 Å². The quantitative estimate of drug-likeness (QED) is 0.116. The summed E-state index contributed by atoms with van der Waals surface area (Å²) in [5.74, 6) is 0.643. The molecule has 0 amide bonds. The molecule has 0 N–H and O–H groups in total. The van der Waals surface area contributed by atoms with Crippen LogP contribution in [0.2, 0.25) is 0 Å². The average Bonchev–Trinajstić information content (AvgIpc) is 3.46. The number of rotatable bonds is 1. The zero-order valence-corrected chi connectivity index (χ0v) is 18.4. The van der Waals surface area contributed by atoms with Gasteiger partial charge in [0.1, 0.15) is 7.05 Å². The molecule has 3 heterocycles. The van der Waals surface area contributed by atoms with Crippen LogP contribution in [-0.2, 0) is 7.05 Å². The molecule has 0 atom stereocenters. The van der Waals surface area contributed by atoms with Gasteiger partial charge in [-0.1, -0.05) is 49.2 Å². The van der Waals surface area contributed by atoms with Crippen molar-refractivity contribution in [1.82, 2.24) is 4.40 Å². The SMILES string of the molecule is [C-]#[N+]c1cccc2c3ccc(C)c4c3n(c3cc(C5CCCC5)cc5cc[n+](C)c4c53)c12. The molecule has 3 aromatic carbocycles. The molecular formula is C29H24N3+. The zero-order chi connectivity index (χ0) is 21.6. The first-order valence-electron chi connectivity index (χ1n) is 11.6. The normalized spacial score (nSPS) is 15.2. The van der Waals surface area contributed by atoms with Gasteiger partial charge in [0.05, 0.1) is 33.9 Å². The number of hydrogen-bond acceptors (Lipinski definition) is 0. The average molecular weight is 415 g/mol. The Kier molecular flexibility index (Phi) is 3.49. The standard InChI is InChI=1S/C29H24N3/c1-17-11-12-22-21-9-6-10-23(30-2)27(21)32-24-16-20(18-7-4-5-8-18)15-19-13-14-31(3)29(26(19)24)25(17)28(22)32/h6,9-16,18H,4-5,7-8H2,1,3H3/q+1. The van der Waals surface area contributed by atoms with Gasteiger partial charge in [-0.25, -0.2) is 9.41 Å². The fraction of sp³-hybridized carbons (Fsp3) is 0.241. The molecule has 0 unspecified atom stereocenters. The molecule has 154 valence electrons. The maximum atomic E-state index is 7.90. The molecular weight excluding hydrogens is 390 g/mol. The van der Waals surface area contributed by atoms with E-state index in [9.17, 15) is 0 Å². The third-order valence-electron chi connectivity index (χ3n) is 7.80. The predicted octanol–water partition coefficient (Wildman–Crippen LogP) is 7.33. The van der Waals surface area contributed by atoms with Gasteiger partial charge >= 0.3 is 0 Å². The van der Waals surface area contributed by atoms with Gasteiger partial charge in [0, 0.05) is 11.5 Å². The lowest BCUT2D eigenvalue weighted by Crippen LogP contribution is -2.29. The lowest BCUT2D eigenvalue weighted by atomic mass is 9.92. The number of para-hydroxylation sites is 1. The Morgan fingerprint density at radius 3 is 2.59 bits per heavy atom. The Bertz CT molecular complexity index is 1760. The highest BCUT2D eigenvalue weighted by atomic mass is 15.0. The van der Waals surface area contributed by atoms with Crippen LogP contribution in [0.25, 0.3) is 53.8 Å². The molecule has 0 bridgehead atoms. The van der Waals surface area contributed by atoms with Crippen molar-refractivity contribution in [2.45, 2.75) is 38.5 Å². The maximum absolute atomic E-state index is 7.90. The largest absolute Gasteiger partial charge is 0.317 e. The second-order valence-electron chi connectivity index (χ2n) is 9.54. The minimum absolute atomic E-state index is 0.643. The van der Waals surface area contributed by atoms with Crippen LogP contribution in [0.5, 0.6) is 0 Å². The zero-order valence-electron chi connectivity index (χ0n) is 18.4. The van der Waals surface area contributed by atoms with E-state index in [0.717, 1.165) is 11.2 Å². The molecule has 3 aromatic heterocycles. The lowest BCUT2D eigenvalue weighted by molar-refractivity contribution is -0.643. The van der Waals surface area contributed by atoms with Gasteiger partial charge in [-0.2, -0.15) is 0 Å². The third kappa shape index (κ3) is 2.12. The monoisotopic (exact) mass is 414 g/mol. The highest BCUT2D eigenvalue weighted by Crippen LogP contribution is 2.44. The van der Waals surface area contributed by atoms with Crippen LogP contribution in [0, 0.1) is 13.5 Å². The van der Waals surface area contributed by atoms with E-state index in [0.29, 0.717) is 5.92 Å². The molecule has 32 heavy (non-hydrogen) atoms. The summed E-state index contributed by atoms with van der Waals surface area (Å²) in [7, 11) is 2.16. The van der Waals surface area contributed by atoms with Crippen LogP contribution >= 0.6 is 0 Å². The molecule has 0 spiro atoms. The van der Waals surface area contributed by atoms with Crippen molar-refractivity contribution in [2.75, 3.05) is 0 Å². The smallest absolute Gasteiger partial charge is 0.224 e. The first-order valence-corrected chi connectivity index (χ1v) is 11.6. The van der Waals surface area contributed by atoms with E-state index in [4.69, 9.17) is 6.57 Å². The van der Waals surface area contributed by atoms with Crippen LogP contribution in [0.15, 0.2) is 54.7 Å². The van der Waals surface area contributed by atoms with Crippen molar-refractivity contribution in [2.24, 2.45) is 7.05 Å². The van der Waals surface area contributed by atoms with Crippen molar-refractivity contribution in [1.29, 1.82) is 0 Å². The van der Waals surface area contributed by atoms with E-state index in [1.54, 1.807) is 0 Å². The number of aromatic nitrogens is 2. The first kappa shape index (κ1) is 18.0. The fourth-order valence-electron chi connectivity index (χ4n) is 6.34. The van der Waals surface area contributed by atoms with Crippen molar-refractivity contribution in [3.63, 3.8) is 0 Å². The van der Waals surface area contributed by atoms with Crippen molar-refractivity contribution < 1.29 is 4.57 Å². The maximum Gasteiger partial charge on any atom is 0.224 e. The van der Waals surface area contributed by atoms with Crippen molar-refractivity contribution in [3.8, 4) is 0 Å². The van der Waals surface area contributed by atoms with E-state index >= 15 is 0 Å². The first-order chi connectivity index (χ1) is 15.7. The summed E-state index contributed by atoms with van der Waals surface area (Å²) in [5.41, 5.74) is 8.28.